The lowest BCUT2D eigenvalue weighted by atomic mass is 10.1. The van der Waals surface area contributed by atoms with Crippen molar-refractivity contribution in [3.05, 3.63) is 23.8 Å². The van der Waals surface area contributed by atoms with E-state index < -0.39 is 28.7 Å². The second-order valence-electron chi connectivity index (χ2n) is 3.13. The number of aliphatic hydroxyl groups excluding tert-OH is 1. The van der Waals surface area contributed by atoms with Gasteiger partial charge in [0.05, 0.1) is 0 Å². The number of hydroxylamine groups is 2. The highest BCUT2D eigenvalue weighted by atomic mass is 16.8. The van der Waals surface area contributed by atoms with Gasteiger partial charge in [0.2, 0.25) is 0 Å². The Morgan fingerprint density at radius 1 is 1.06 bits per heavy atom. The van der Waals surface area contributed by atoms with Crippen LogP contribution in [0.5, 0.6) is 11.5 Å². The number of hydrogen-bond donors (Lipinski definition) is 7. The van der Waals surface area contributed by atoms with Crippen LogP contribution in [0.25, 0.3) is 0 Å². The molecule has 1 aromatic rings. The highest BCUT2D eigenvalue weighted by Crippen LogP contribution is 2.31. The molecular weight excluding hydrogens is 222 g/mol. The maximum Gasteiger partial charge on any atom is 0.303 e. The van der Waals surface area contributed by atoms with Crippen molar-refractivity contribution in [2.45, 2.75) is 12.0 Å². The van der Waals surface area contributed by atoms with Crippen molar-refractivity contribution in [2.75, 3.05) is 0 Å². The van der Waals surface area contributed by atoms with Gasteiger partial charge in [0.1, 0.15) is 0 Å². The zero-order valence-corrected chi connectivity index (χ0v) is 7.89. The number of phenolic OH excluding ortho intramolecular Hbond substituents is 2. The molecule has 0 bridgehead atoms. The first-order valence-corrected chi connectivity index (χ1v) is 4.09. The number of phenols is 2. The molecule has 1 unspecified atom stereocenters. The molecule has 0 heterocycles. The predicted molar refractivity (Wildman–Crippen MR) is 47.3 cm³/mol. The minimum absolute atomic E-state index is 0.242. The van der Waals surface area contributed by atoms with Gasteiger partial charge >= 0.3 is 5.91 Å². The summed E-state index contributed by atoms with van der Waals surface area (Å²) in [4.78, 5) is 0. The molecule has 7 N–H and O–H groups in total. The molecule has 0 aliphatic heterocycles. The third kappa shape index (κ3) is 2.22. The Morgan fingerprint density at radius 2 is 1.62 bits per heavy atom. The highest BCUT2D eigenvalue weighted by Gasteiger charge is 2.40. The Morgan fingerprint density at radius 3 is 2.06 bits per heavy atom. The molecule has 0 radical (unpaired) electrons. The van der Waals surface area contributed by atoms with E-state index in [9.17, 15) is 5.11 Å². The Balaban J connectivity index is 3.05. The second kappa shape index (κ2) is 4.22. The van der Waals surface area contributed by atoms with Crippen LogP contribution in [-0.4, -0.2) is 47.1 Å². The average Bonchev–Trinajstić information content (AvgIpc) is 2.20. The number of hydrogen-bond acceptors (Lipinski definition) is 8. The van der Waals surface area contributed by atoms with Crippen molar-refractivity contribution < 1.29 is 35.9 Å². The fourth-order valence-corrected chi connectivity index (χ4v) is 1.04. The molecule has 0 spiro atoms. The van der Waals surface area contributed by atoms with Crippen LogP contribution in [0.4, 0.5) is 0 Å². The zero-order chi connectivity index (χ0) is 12.5. The Kier molecular flexibility index (Phi) is 3.33. The number of aromatic hydroxyl groups is 2. The van der Waals surface area contributed by atoms with Crippen molar-refractivity contribution in [3.8, 4) is 11.5 Å². The molecule has 90 valence electrons. The molecule has 1 atom stereocenters. The summed E-state index contributed by atoms with van der Waals surface area (Å²) in [5.74, 6) is -4.42. The van der Waals surface area contributed by atoms with Crippen LogP contribution in [0, 0.1) is 0 Å². The third-order valence-corrected chi connectivity index (χ3v) is 1.98. The summed E-state index contributed by atoms with van der Waals surface area (Å²) < 4.78 is 0. The fourth-order valence-electron chi connectivity index (χ4n) is 1.04. The van der Waals surface area contributed by atoms with Gasteiger partial charge in [-0.2, -0.15) is 0 Å². The largest absolute Gasteiger partial charge is 0.504 e. The van der Waals surface area contributed by atoms with Gasteiger partial charge in [0.15, 0.2) is 17.6 Å². The molecule has 0 saturated heterocycles. The lowest BCUT2D eigenvalue weighted by Gasteiger charge is -2.29. The van der Waals surface area contributed by atoms with Crippen LogP contribution in [-0.2, 0) is 0 Å². The molecule has 0 amide bonds. The van der Waals surface area contributed by atoms with Crippen LogP contribution in [0.3, 0.4) is 0 Å². The van der Waals surface area contributed by atoms with Gasteiger partial charge in [-0.05, 0) is 22.9 Å². The van der Waals surface area contributed by atoms with E-state index in [2.05, 4.69) is 0 Å². The minimum Gasteiger partial charge on any atom is -0.504 e. The van der Waals surface area contributed by atoms with Crippen LogP contribution in [0.15, 0.2) is 18.2 Å². The van der Waals surface area contributed by atoms with Crippen LogP contribution in [0.2, 0.25) is 0 Å². The van der Waals surface area contributed by atoms with Crippen molar-refractivity contribution >= 4 is 0 Å². The van der Waals surface area contributed by atoms with Gasteiger partial charge < -0.3 is 25.5 Å². The molecule has 1 rings (SSSR count). The molecule has 8 heteroatoms. The van der Waals surface area contributed by atoms with Gasteiger partial charge in [0.25, 0.3) is 0 Å². The Bertz CT molecular complexity index is 379. The van der Waals surface area contributed by atoms with Gasteiger partial charge in [-0.3, -0.25) is 10.4 Å². The Hall–Kier alpha value is -1.42. The zero-order valence-electron chi connectivity index (χ0n) is 7.89. The summed E-state index contributed by atoms with van der Waals surface area (Å²) in [5.41, 5.74) is -0.242. The molecule has 0 aliphatic carbocycles. The van der Waals surface area contributed by atoms with Crippen molar-refractivity contribution in [1.29, 1.82) is 0 Å². The standard InChI is InChI=1S/C8H11NO7/c10-5-2-1-4(3-6(5)11)7(12)8(13,14)9(15)16/h1-3,7,10-16H. The molecule has 1 aromatic carbocycles. The summed E-state index contributed by atoms with van der Waals surface area (Å²) in [7, 11) is 0. The monoisotopic (exact) mass is 233 g/mol. The van der Waals surface area contributed by atoms with Crippen molar-refractivity contribution in [3.63, 3.8) is 0 Å². The van der Waals surface area contributed by atoms with E-state index in [0.29, 0.717) is 0 Å². The molecule has 0 aromatic heterocycles. The van der Waals surface area contributed by atoms with Crippen LogP contribution in [0.1, 0.15) is 11.7 Å². The smallest absolute Gasteiger partial charge is 0.303 e. The fraction of sp³-hybridized carbons (Fsp3) is 0.250. The third-order valence-electron chi connectivity index (χ3n) is 1.98. The highest BCUT2D eigenvalue weighted by molar-refractivity contribution is 5.41. The number of nitrogens with zero attached hydrogens (tertiary/aromatic N) is 1. The second-order valence-corrected chi connectivity index (χ2v) is 3.13. The first-order chi connectivity index (χ1) is 7.26. The molecule has 0 saturated carbocycles. The Labute approximate surface area is 89.4 Å². The molecule has 0 fully saturated rings. The van der Waals surface area contributed by atoms with E-state index in [-0.39, 0.29) is 5.56 Å². The van der Waals surface area contributed by atoms with E-state index in [0.717, 1.165) is 18.2 Å². The number of rotatable bonds is 3. The van der Waals surface area contributed by atoms with E-state index >= 15 is 0 Å². The normalized spacial score (nSPS) is 14.1. The average molecular weight is 233 g/mol. The maximum atomic E-state index is 9.38. The van der Waals surface area contributed by atoms with Crippen LogP contribution < -0.4 is 0 Å². The topological polar surface area (TPSA) is 145 Å². The SMILES string of the molecule is Oc1ccc(C(O)C(O)(O)N(O)O)cc1O. The summed E-state index contributed by atoms with van der Waals surface area (Å²) >= 11 is 0. The van der Waals surface area contributed by atoms with E-state index in [1.165, 1.54) is 0 Å². The first-order valence-electron chi connectivity index (χ1n) is 4.09. The lowest BCUT2D eigenvalue weighted by Crippen LogP contribution is -2.49. The summed E-state index contributed by atoms with van der Waals surface area (Å²) in [5, 5.41) is 61.5. The van der Waals surface area contributed by atoms with Gasteiger partial charge in [-0.1, -0.05) is 6.07 Å². The molecule has 16 heavy (non-hydrogen) atoms. The van der Waals surface area contributed by atoms with Gasteiger partial charge in [-0.15, -0.1) is 0 Å². The number of aliphatic hydroxyl groups is 3. The van der Waals surface area contributed by atoms with E-state index in [1.807, 2.05) is 0 Å². The molecule has 8 nitrogen and oxygen atoms in total. The van der Waals surface area contributed by atoms with Gasteiger partial charge in [0, 0.05) is 0 Å². The molecular formula is C8H11NO7. The first kappa shape index (κ1) is 12.6. The number of benzene rings is 1. The van der Waals surface area contributed by atoms with E-state index in [1.54, 1.807) is 0 Å². The molecule has 0 aliphatic rings. The van der Waals surface area contributed by atoms with Crippen molar-refractivity contribution in [1.82, 2.24) is 5.23 Å². The van der Waals surface area contributed by atoms with Crippen molar-refractivity contribution in [2.24, 2.45) is 0 Å². The minimum atomic E-state index is -3.34. The maximum absolute atomic E-state index is 9.38. The summed E-state index contributed by atoms with van der Waals surface area (Å²) in [6.45, 7) is 0. The van der Waals surface area contributed by atoms with Crippen LogP contribution >= 0.6 is 0 Å². The summed E-state index contributed by atoms with van der Waals surface area (Å²) in [6.07, 6.45) is -2.13. The van der Waals surface area contributed by atoms with E-state index in [4.69, 9.17) is 30.8 Å². The van der Waals surface area contributed by atoms with Gasteiger partial charge in [-0.25, -0.2) is 0 Å². The predicted octanol–water partition coefficient (Wildman–Crippen LogP) is -1.15. The summed E-state index contributed by atoms with van der Waals surface area (Å²) in [6, 6.07) is 2.89. The quantitative estimate of drug-likeness (QED) is 0.197. The lowest BCUT2D eigenvalue weighted by molar-refractivity contribution is -0.495.